The largest absolute Gasteiger partial charge is 0.373 e. The van der Waals surface area contributed by atoms with E-state index in [4.69, 9.17) is 9.97 Å². The zero-order chi connectivity index (χ0) is 26.5. The molecule has 0 spiro atoms. The van der Waals surface area contributed by atoms with Crippen LogP contribution in [0.4, 0.5) is 5.82 Å². The quantitative estimate of drug-likeness (QED) is 0.296. The second-order valence-corrected chi connectivity index (χ2v) is 9.94. The van der Waals surface area contributed by atoms with Crippen molar-refractivity contribution in [1.82, 2.24) is 34.4 Å². The summed E-state index contributed by atoms with van der Waals surface area (Å²) in [7, 11) is 1.90. The smallest absolute Gasteiger partial charge is 0.129 e. The van der Waals surface area contributed by atoms with E-state index in [2.05, 4.69) is 43.9 Å². The first-order valence-electron chi connectivity index (χ1n) is 13.3. The summed E-state index contributed by atoms with van der Waals surface area (Å²) < 4.78 is 1.98. The second kappa shape index (κ2) is 11.6. The normalized spacial score (nSPS) is 14.6. The summed E-state index contributed by atoms with van der Waals surface area (Å²) in [6.07, 6.45) is 17.9. The minimum atomic E-state index is 0.614. The number of rotatable bonds is 9. The van der Waals surface area contributed by atoms with Gasteiger partial charge >= 0.3 is 0 Å². The van der Waals surface area contributed by atoms with Gasteiger partial charge in [-0.3, -0.25) is 9.88 Å². The van der Waals surface area contributed by atoms with Crippen molar-refractivity contribution < 1.29 is 0 Å². The Morgan fingerprint density at radius 3 is 2.63 bits per heavy atom. The highest BCUT2D eigenvalue weighted by atomic mass is 15.1. The molecule has 8 heteroatoms. The Morgan fingerprint density at radius 1 is 1.08 bits per heavy atom. The maximum Gasteiger partial charge on any atom is 0.129 e. The number of nitrogens with zero attached hydrogens (tertiary/aromatic N) is 6. The van der Waals surface area contributed by atoms with E-state index in [0.717, 1.165) is 57.7 Å². The molecule has 8 nitrogen and oxygen atoms in total. The molecule has 38 heavy (non-hydrogen) atoms. The number of imidazole rings is 2. The van der Waals surface area contributed by atoms with E-state index in [0.29, 0.717) is 6.42 Å². The van der Waals surface area contributed by atoms with Gasteiger partial charge in [0.15, 0.2) is 0 Å². The van der Waals surface area contributed by atoms with Crippen LogP contribution in [0.3, 0.4) is 0 Å². The maximum atomic E-state index is 4.97. The van der Waals surface area contributed by atoms with Crippen LogP contribution in [0.25, 0.3) is 16.8 Å². The number of likely N-dealkylation sites (tertiary alicyclic amines) is 1. The second-order valence-electron chi connectivity index (χ2n) is 9.94. The molecule has 2 N–H and O–H groups in total. The average molecular weight is 509 g/mol. The van der Waals surface area contributed by atoms with Crippen molar-refractivity contribution >= 4 is 11.5 Å². The number of H-pyrrole nitrogens is 1. The number of hydrogen-bond donors (Lipinski definition) is 2. The molecule has 0 aromatic carbocycles. The highest BCUT2D eigenvalue weighted by molar-refractivity contribution is 5.67. The molecular weight excluding hydrogens is 472 g/mol. The van der Waals surface area contributed by atoms with Crippen LogP contribution in [0.5, 0.6) is 0 Å². The molecule has 196 valence electrons. The monoisotopic (exact) mass is 508 g/mol. The first kappa shape index (κ1) is 25.6. The van der Waals surface area contributed by atoms with Crippen molar-refractivity contribution in [3.8, 4) is 11.1 Å². The van der Waals surface area contributed by atoms with Crippen molar-refractivity contribution in [2.75, 3.05) is 25.5 Å². The Morgan fingerprint density at radius 2 is 1.89 bits per heavy atom. The molecule has 0 saturated carbocycles. The maximum absolute atomic E-state index is 4.97. The van der Waals surface area contributed by atoms with Gasteiger partial charge in [-0.15, -0.1) is 0 Å². The van der Waals surface area contributed by atoms with E-state index < -0.39 is 0 Å². The standard InChI is InChI=1S/C30H36N8/c1-5-9-27(38-18-21(2)34-20-38)29-22(3)35-28(36-29)14-24-13-26(17-33-30(24)31-4)25-12-23(15-32-16-25)19-37-10-7-6-8-11-37/h5,9,12-13,15-18,20H,1,6-8,10-11,14,19H2,2-4H3,(H,31,33)(H,35,36)/b27-9+. The van der Waals surface area contributed by atoms with Crippen molar-refractivity contribution in [3.05, 3.63) is 96.0 Å². The van der Waals surface area contributed by atoms with Crippen LogP contribution >= 0.6 is 0 Å². The van der Waals surface area contributed by atoms with Crippen LogP contribution in [0.1, 0.15) is 53.3 Å². The van der Waals surface area contributed by atoms with Gasteiger partial charge in [0, 0.05) is 67.2 Å². The minimum Gasteiger partial charge on any atom is -0.373 e. The molecule has 0 radical (unpaired) electrons. The summed E-state index contributed by atoms with van der Waals surface area (Å²) in [6.45, 7) is 11.2. The van der Waals surface area contributed by atoms with Crippen molar-refractivity contribution in [3.63, 3.8) is 0 Å². The van der Waals surface area contributed by atoms with Crippen LogP contribution < -0.4 is 5.32 Å². The molecule has 0 amide bonds. The number of aromatic nitrogens is 6. The van der Waals surface area contributed by atoms with E-state index in [1.807, 2.05) is 56.3 Å². The molecule has 0 atom stereocenters. The third kappa shape index (κ3) is 5.75. The first-order chi connectivity index (χ1) is 18.5. The van der Waals surface area contributed by atoms with Crippen LogP contribution in [0.15, 0.2) is 62.0 Å². The number of nitrogens with one attached hydrogen (secondary N) is 2. The molecule has 5 rings (SSSR count). The summed E-state index contributed by atoms with van der Waals surface area (Å²) in [4.78, 5) is 24.6. The Labute approximate surface area is 224 Å². The summed E-state index contributed by atoms with van der Waals surface area (Å²) >= 11 is 0. The fourth-order valence-corrected chi connectivity index (χ4v) is 5.12. The van der Waals surface area contributed by atoms with Gasteiger partial charge in [-0.1, -0.05) is 19.1 Å². The van der Waals surface area contributed by atoms with Crippen molar-refractivity contribution in [2.45, 2.75) is 46.1 Å². The Bertz CT molecular complexity index is 1440. The molecule has 1 fully saturated rings. The number of allylic oxidation sites excluding steroid dienone is 2. The average Bonchev–Trinajstić information content (AvgIpc) is 3.52. The summed E-state index contributed by atoms with van der Waals surface area (Å²) in [5, 5.41) is 3.24. The highest BCUT2D eigenvalue weighted by Crippen LogP contribution is 2.27. The summed E-state index contributed by atoms with van der Waals surface area (Å²) in [6, 6.07) is 4.44. The number of aromatic amines is 1. The zero-order valence-electron chi connectivity index (χ0n) is 22.5. The van der Waals surface area contributed by atoms with Gasteiger partial charge in [0.25, 0.3) is 0 Å². The first-order valence-corrected chi connectivity index (χ1v) is 13.3. The van der Waals surface area contributed by atoms with Gasteiger partial charge in [-0.25, -0.2) is 15.0 Å². The van der Waals surface area contributed by atoms with E-state index in [1.165, 1.54) is 37.9 Å². The number of anilines is 1. The zero-order valence-corrected chi connectivity index (χ0v) is 22.5. The predicted molar refractivity (Wildman–Crippen MR) is 153 cm³/mol. The lowest BCUT2D eigenvalue weighted by atomic mass is 10.0. The molecule has 1 aliphatic heterocycles. The molecule has 4 aromatic heterocycles. The van der Waals surface area contributed by atoms with Crippen molar-refractivity contribution in [1.29, 1.82) is 0 Å². The van der Waals surface area contributed by atoms with Gasteiger partial charge in [0.2, 0.25) is 0 Å². The van der Waals surface area contributed by atoms with Crippen molar-refractivity contribution in [2.24, 2.45) is 0 Å². The van der Waals surface area contributed by atoms with Crippen LogP contribution in [-0.4, -0.2) is 54.5 Å². The Hall–Kier alpha value is -4.04. The lowest BCUT2D eigenvalue weighted by Gasteiger charge is -2.26. The van der Waals surface area contributed by atoms with E-state index >= 15 is 0 Å². The topological polar surface area (TPSA) is 87.5 Å². The molecule has 4 aromatic rings. The number of aryl methyl sites for hydroxylation is 2. The predicted octanol–water partition coefficient (Wildman–Crippen LogP) is 5.37. The number of hydrogen-bond acceptors (Lipinski definition) is 6. The van der Waals surface area contributed by atoms with Gasteiger partial charge in [-0.05, 0) is 63.6 Å². The van der Waals surface area contributed by atoms with Gasteiger partial charge in [-0.2, -0.15) is 0 Å². The van der Waals surface area contributed by atoms with E-state index in [9.17, 15) is 0 Å². The van der Waals surface area contributed by atoms with Gasteiger partial charge in [0.05, 0.1) is 17.7 Å². The fourth-order valence-electron chi connectivity index (χ4n) is 5.12. The van der Waals surface area contributed by atoms with E-state index in [-0.39, 0.29) is 0 Å². The Balaban J connectivity index is 1.41. The minimum absolute atomic E-state index is 0.614. The highest BCUT2D eigenvalue weighted by Gasteiger charge is 2.16. The lowest BCUT2D eigenvalue weighted by Crippen LogP contribution is -2.29. The molecular formula is C30H36N8. The van der Waals surface area contributed by atoms with Crippen LogP contribution in [-0.2, 0) is 13.0 Å². The van der Waals surface area contributed by atoms with Gasteiger partial charge in [0.1, 0.15) is 17.3 Å². The summed E-state index contributed by atoms with van der Waals surface area (Å²) in [5.41, 5.74) is 8.19. The Kier molecular flexibility index (Phi) is 7.79. The molecule has 0 bridgehead atoms. The van der Waals surface area contributed by atoms with Crippen LogP contribution in [0, 0.1) is 13.8 Å². The molecule has 1 aliphatic rings. The van der Waals surface area contributed by atoms with Gasteiger partial charge < -0.3 is 14.9 Å². The lowest BCUT2D eigenvalue weighted by molar-refractivity contribution is 0.220. The summed E-state index contributed by atoms with van der Waals surface area (Å²) in [5.74, 6) is 1.71. The number of piperidine rings is 1. The third-order valence-electron chi connectivity index (χ3n) is 6.99. The molecule has 5 heterocycles. The third-order valence-corrected chi connectivity index (χ3v) is 6.99. The van der Waals surface area contributed by atoms with E-state index in [1.54, 1.807) is 12.4 Å². The fraction of sp³-hybridized carbons (Fsp3) is 0.333. The molecule has 1 saturated heterocycles. The number of pyridine rings is 2. The molecule has 0 aliphatic carbocycles. The van der Waals surface area contributed by atoms with Crippen LogP contribution in [0.2, 0.25) is 0 Å². The molecule has 0 unspecified atom stereocenters. The SMILES string of the molecule is C=C/C=C(\c1nc(Cc2cc(-c3cncc(CN4CCCCC4)c3)cnc2NC)[nH]c1C)n1cnc(C)c1.